The number of benzene rings is 1. The molecule has 5 heteroatoms. The van der Waals surface area contributed by atoms with Crippen LogP contribution >= 0.6 is 0 Å². The molecule has 129 valence electrons. The number of carbonyl (C=O) groups excluding carboxylic acids is 1. The largest absolute Gasteiger partial charge is 0.469 e. The second-order valence-electron chi connectivity index (χ2n) is 7.16. The maximum Gasteiger partial charge on any atom is 0.305 e. The molecule has 4 nitrogen and oxygen atoms in total. The lowest BCUT2D eigenvalue weighted by atomic mass is 9.84. The van der Waals surface area contributed by atoms with Crippen LogP contribution < -0.4 is 5.73 Å². The average molecular weight is 337 g/mol. The van der Waals surface area contributed by atoms with Gasteiger partial charge < -0.3 is 14.9 Å². The molecular formula is C18H30NO3Si. The third-order valence-corrected chi connectivity index (χ3v) is 4.37. The fourth-order valence-corrected chi connectivity index (χ4v) is 3.47. The van der Waals surface area contributed by atoms with Crippen molar-refractivity contribution in [3.63, 3.8) is 0 Å². The van der Waals surface area contributed by atoms with E-state index >= 15 is 0 Å². The number of hydrogen-bond donors (Lipinski definition) is 1. The van der Waals surface area contributed by atoms with Gasteiger partial charge in [-0.05, 0) is 48.5 Å². The van der Waals surface area contributed by atoms with Gasteiger partial charge in [0.15, 0.2) is 0 Å². The van der Waals surface area contributed by atoms with E-state index in [-0.39, 0.29) is 17.5 Å². The number of methoxy groups -OCH3 is 1. The zero-order valence-corrected chi connectivity index (χ0v) is 16.2. The van der Waals surface area contributed by atoms with E-state index in [1.54, 1.807) is 0 Å². The van der Waals surface area contributed by atoms with Gasteiger partial charge in [0.1, 0.15) is 0 Å². The van der Waals surface area contributed by atoms with Crippen LogP contribution in [0.2, 0.25) is 13.1 Å². The highest BCUT2D eigenvalue weighted by atomic mass is 28.3. The topological polar surface area (TPSA) is 61.5 Å². The maximum atomic E-state index is 11.2. The molecule has 0 aromatic heterocycles. The predicted octanol–water partition coefficient (Wildman–Crippen LogP) is 4.12. The molecular weight excluding hydrogens is 306 g/mol. The smallest absolute Gasteiger partial charge is 0.305 e. The van der Waals surface area contributed by atoms with Gasteiger partial charge in [-0.2, -0.15) is 0 Å². The molecule has 0 heterocycles. The van der Waals surface area contributed by atoms with Crippen LogP contribution in [0.3, 0.4) is 0 Å². The lowest BCUT2D eigenvalue weighted by Gasteiger charge is -2.33. The molecule has 0 saturated carbocycles. The van der Waals surface area contributed by atoms with Crippen molar-refractivity contribution in [2.75, 3.05) is 12.8 Å². The van der Waals surface area contributed by atoms with E-state index in [9.17, 15) is 4.79 Å². The standard InChI is InChI=1S/C18H30NO3Si/c1-18(2,3)17(22-23(5)6)14-11-10-13(15(19)12-14)8-7-9-16(20)21-4/h10-12,17H,7-9,19H2,1-6H3. The molecule has 0 saturated heterocycles. The van der Waals surface area contributed by atoms with Crippen molar-refractivity contribution in [3.05, 3.63) is 29.3 Å². The SMILES string of the molecule is COC(=O)CCCc1ccc(C(O[Si](C)C)C(C)(C)C)cc1N. The summed E-state index contributed by atoms with van der Waals surface area (Å²) in [6, 6.07) is 6.18. The molecule has 0 spiro atoms. The summed E-state index contributed by atoms with van der Waals surface area (Å²) < 4.78 is 10.9. The zero-order valence-electron chi connectivity index (χ0n) is 15.2. The van der Waals surface area contributed by atoms with E-state index in [1.807, 2.05) is 6.07 Å². The number of nitrogens with two attached hydrogens (primary N) is 1. The van der Waals surface area contributed by atoms with Crippen LogP contribution in [0.4, 0.5) is 5.69 Å². The van der Waals surface area contributed by atoms with E-state index in [4.69, 9.17) is 10.2 Å². The first-order chi connectivity index (χ1) is 10.6. The second kappa shape index (κ2) is 8.50. The Morgan fingerprint density at radius 1 is 1.30 bits per heavy atom. The fraction of sp³-hybridized carbons (Fsp3) is 0.611. The Kier molecular flexibility index (Phi) is 7.29. The van der Waals surface area contributed by atoms with Gasteiger partial charge in [-0.25, -0.2) is 0 Å². The minimum Gasteiger partial charge on any atom is -0.469 e. The number of nitrogen functional groups attached to an aromatic ring is 1. The summed E-state index contributed by atoms with van der Waals surface area (Å²) >= 11 is 0. The molecule has 1 aromatic carbocycles. The van der Waals surface area contributed by atoms with Gasteiger partial charge in [0, 0.05) is 12.1 Å². The summed E-state index contributed by atoms with van der Waals surface area (Å²) in [7, 11) is 0.608. The van der Waals surface area contributed by atoms with Crippen LogP contribution in [0.5, 0.6) is 0 Å². The van der Waals surface area contributed by atoms with E-state index in [0.717, 1.165) is 29.7 Å². The molecule has 1 rings (SSSR count). The maximum absolute atomic E-state index is 11.2. The third kappa shape index (κ3) is 6.35. The Hall–Kier alpha value is -1.33. The van der Waals surface area contributed by atoms with Gasteiger partial charge in [-0.1, -0.05) is 32.9 Å². The molecule has 0 fully saturated rings. The Morgan fingerprint density at radius 3 is 2.43 bits per heavy atom. The molecule has 0 amide bonds. The number of esters is 1. The minimum absolute atomic E-state index is 0.0147. The van der Waals surface area contributed by atoms with Gasteiger partial charge in [-0.15, -0.1) is 0 Å². The van der Waals surface area contributed by atoms with Crippen LogP contribution in [0.1, 0.15) is 50.8 Å². The molecule has 1 aromatic rings. The predicted molar refractivity (Wildman–Crippen MR) is 96.6 cm³/mol. The number of hydrogen-bond acceptors (Lipinski definition) is 4. The number of carbonyl (C=O) groups is 1. The fourth-order valence-electron chi connectivity index (χ4n) is 2.51. The zero-order chi connectivity index (χ0) is 17.6. The van der Waals surface area contributed by atoms with Crippen LogP contribution in [-0.2, 0) is 20.4 Å². The molecule has 1 unspecified atom stereocenters. The second-order valence-corrected chi connectivity index (χ2v) is 9.21. The first-order valence-electron chi connectivity index (χ1n) is 8.07. The van der Waals surface area contributed by atoms with E-state index < -0.39 is 9.04 Å². The molecule has 1 atom stereocenters. The summed E-state index contributed by atoms with van der Waals surface area (Å²) in [5, 5.41) is 0. The normalized spacial score (nSPS) is 13.2. The first kappa shape index (κ1) is 19.7. The van der Waals surface area contributed by atoms with Crippen molar-refractivity contribution in [1.82, 2.24) is 0 Å². The summed E-state index contributed by atoms with van der Waals surface area (Å²) in [4.78, 5) is 11.2. The van der Waals surface area contributed by atoms with Crippen molar-refractivity contribution in [1.29, 1.82) is 0 Å². The number of anilines is 1. The van der Waals surface area contributed by atoms with Gasteiger partial charge in [-0.3, -0.25) is 4.79 Å². The molecule has 2 N–H and O–H groups in total. The van der Waals surface area contributed by atoms with Crippen molar-refractivity contribution < 1.29 is 14.0 Å². The Morgan fingerprint density at radius 2 is 1.96 bits per heavy atom. The van der Waals surface area contributed by atoms with E-state index in [2.05, 4.69) is 50.7 Å². The van der Waals surface area contributed by atoms with Crippen molar-refractivity contribution in [2.24, 2.45) is 5.41 Å². The third-order valence-electron chi connectivity index (χ3n) is 3.67. The Labute approximate surface area is 142 Å². The first-order valence-corrected chi connectivity index (χ1v) is 10.5. The summed E-state index contributed by atoms with van der Waals surface area (Å²) in [5.74, 6) is -0.179. The number of aryl methyl sites for hydroxylation is 1. The molecule has 23 heavy (non-hydrogen) atoms. The summed E-state index contributed by atoms with van der Waals surface area (Å²) in [5.41, 5.74) is 9.20. The highest BCUT2D eigenvalue weighted by molar-refractivity contribution is 6.48. The molecule has 0 aliphatic carbocycles. The number of rotatable bonds is 7. The van der Waals surface area contributed by atoms with E-state index in [1.165, 1.54) is 7.11 Å². The molecule has 0 aliphatic rings. The van der Waals surface area contributed by atoms with Crippen molar-refractivity contribution >= 4 is 20.7 Å². The molecule has 0 aliphatic heterocycles. The quantitative estimate of drug-likeness (QED) is 0.462. The molecule has 0 bridgehead atoms. The lowest BCUT2D eigenvalue weighted by molar-refractivity contribution is -0.140. The minimum atomic E-state index is -0.804. The van der Waals surface area contributed by atoms with Crippen molar-refractivity contribution in [3.8, 4) is 0 Å². The van der Waals surface area contributed by atoms with Crippen LogP contribution in [-0.4, -0.2) is 22.1 Å². The highest BCUT2D eigenvalue weighted by Gasteiger charge is 2.28. The van der Waals surface area contributed by atoms with Gasteiger partial charge in [0.25, 0.3) is 0 Å². The molecule has 1 radical (unpaired) electrons. The van der Waals surface area contributed by atoms with Gasteiger partial charge in [0.2, 0.25) is 9.04 Å². The van der Waals surface area contributed by atoms with Crippen LogP contribution in [0.25, 0.3) is 0 Å². The number of ether oxygens (including phenoxy) is 1. The van der Waals surface area contributed by atoms with Gasteiger partial charge in [0.05, 0.1) is 13.2 Å². The summed E-state index contributed by atoms with van der Waals surface area (Å²) in [6.45, 7) is 10.8. The van der Waals surface area contributed by atoms with Gasteiger partial charge >= 0.3 is 5.97 Å². The van der Waals surface area contributed by atoms with Crippen molar-refractivity contribution in [2.45, 2.75) is 59.2 Å². The Balaban J connectivity index is 2.86. The van der Waals surface area contributed by atoms with Crippen LogP contribution in [0, 0.1) is 5.41 Å². The van der Waals surface area contributed by atoms with Crippen LogP contribution in [0.15, 0.2) is 18.2 Å². The highest BCUT2D eigenvalue weighted by Crippen LogP contribution is 2.37. The van der Waals surface area contributed by atoms with E-state index in [0.29, 0.717) is 6.42 Å². The Bertz CT molecular complexity index is 523. The monoisotopic (exact) mass is 336 g/mol. The average Bonchev–Trinajstić information content (AvgIpc) is 2.45. The summed E-state index contributed by atoms with van der Waals surface area (Å²) in [6.07, 6.45) is 1.98. The lowest BCUT2D eigenvalue weighted by Crippen LogP contribution is -2.26.